The minimum Gasteiger partial charge on any atom is -0.306 e. The molecule has 2 aromatic carbocycles. The van der Waals surface area contributed by atoms with Gasteiger partial charge in [-0.25, -0.2) is 0 Å². The van der Waals surface area contributed by atoms with Crippen LogP contribution < -0.4 is 0 Å². The zero-order valence-corrected chi connectivity index (χ0v) is 15.9. The molecule has 2 fully saturated rings. The maximum atomic E-state index is 2.69. The van der Waals surface area contributed by atoms with Crippen LogP contribution in [0.15, 0.2) is 60.7 Å². The molecule has 3 heteroatoms. The van der Waals surface area contributed by atoms with Crippen LogP contribution in [0.3, 0.4) is 0 Å². The summed E-state index contributed by atoms with van der Waals surface area (Å²) < 4.78 is 0. The molecule has 0 saturated carbocycles. The highest BCUT2D eigenvalue weighted by atomic mass is 15.3. The number of piperazine rings is 1. The average Bonchev–Trinajstić information content (AvgIpc) is 3.10. The van der Waals surface area contributed by atoms with E-state index in [9.17, 15) is 0 Å². The van der Waals surface area contributed by atoms with Gasteiger partial charge in [-0.05, 0) is 37.1 Å². The molecule has 1 atom stereocenters. The van der Waals surface area contributed by atoms with E-state index < -0.39 is 0 Å². The standard InChI is InChI=1S/C23H31N3/c1-24-13-12-20(18-24)19-25-14-16-26(17-15-25)23(21-8-4-2-5-9-21)22-10-6-3-7-11-22/h2-11,20,23H,12-19H2,1H3. The second-order valence-corrected chi connectivity index (χ2v) is 7.98. The van der Waals surface area contributed by atoms with Gasteiger partial charge in [0.1, 0.15) is 0 Å². The van der Waals surface area contributed by atoms with E-state index in [0.717, 1.165) is 19.0 Å². The van der Waals surface area contributed by atoms with Gasteiger partial charge in [-0.15, -0.1) is 0 Å². The highest BCUT2D eigenvalue weighted by Gasteiger charge is 2.28. The first-order chi connectivity index (χ1) is 12.8. The van der Waals surface area contributed by atoms with Crippen LogP contribution in [-0.4, -0.2) is 67.6 Å². The molecular formula is C23H31N3. The van der Waals surface area contributed by atoms with Gasteiger partial charge in [0.2, 0.25) is 0 Å². The van der Waals surface area contributed by atoms with Crippen molar-refractivity contribution in [2.75, 3.05) is 52.9 Å². The second-order valence-electron chi connectivity index (χ2n) is 7.98. The fourth-order valence-corrected chi connectivity index (χ4v) is 4.63. The monoisotopic (exact) mass is 349 g/mol. The first kappa shape index (κ1) is 17.7. The quantitative estimate of drug-likeness (QED) is 0.820. The van der Waals surface area contributed by atoms with Gasteiger partial charge in [0, 0.05) is 39.3 Å². The van der Waals surface area contributed by atoms with E-state index in [2.05, 4.69) is 82.4 Å². The Balaban J connectivity index is 1.43. The summed E-state index contributed by atoms with van der Waals surface area (Å²) in [6, 6.07) is 22.4. The van der Waals surface area contributed by atoms with E-state index in [-0.39, 0.29) is 0 Å². The number of hydrogen-bond acceptors (Lipinski definition) is 3. The summed E-state index contributed by atoms with van der Waals surface area (Å²) in [7, 11) is 2.25. The van der Waals surface area contributed by atoms with Crippen molar-refractivity contribution in [3.63, 3.8) is 0 Å². The molecule has 2 aliphatic rings. The number of nitrogens with zero attached hydrogens (tertiary/aromatic N) is 3. The van der Waals surface area contributed by atoms with Gasteiger partial charge in [0.25, 0.3) is 0 Å². The molecular weight excluding hydrogens is 318 g/mol. The zero-order chi connectivity index (χ0) is 17.8. The Morgan fingerprint density at radius 2 is 1.38 bits per heavy atom. The van der Waals surface area contributed by atoms with Crippen LogP contribution in [-0.2, 0) is 0 Å². The van der Waals surface area contributed by atoms with Crippen molar-refractivity contribution in [1.29, 1.82) is 0 Å². The van der Waals surface area contributed by atoms with Gasteiger partial charge in [-0.1, -0.05) is 60.7 Å². The molecule has 0 amide bonds. The SMILES string of the molecule is CN1CCC(CN2CCN(C(c3ccccc3)c3ccccc3)CC2)C1. The molecule has 2 heterocycles. The Morgan fingerprint density at radius 3 is 1.88 bits per heavy atom. The average molecular weight is 350 g/mol. The first-order valence-electron chi connectivity index (χ1n) is 10.0. The highest BCUT2D eigenvalue weighted by molar-refractivity contribution is 5.31. The minimum absolute atomic E-state index is 0.372. The Bertz CT molecular complexity index is 625. The molecule has 2 aliphatic heterocycles. The van der Waals surface area contributed by atoms with Gasteiger partial charge in [-0.3, -0.25) is 4.90 Å². The fourth-order valence-electron chi connectivity index (χ4n) is 4.63. The van der Waals surface area contributed by atoms with Gasteiger partial charge in [-0.2, -0.15) is 0 Å². The van der Waals surface area contributed by atoms with Gasteiger partial charge in [0.15, 0.2) is 0 Å². The summed E-state index contributed by atoms with van der Waals surface area (Å²) in [5.41, 5.74) is 2.81. The summed E-state index contributed by atoms with van der Waals surface area (Å²) in [4.78, 5) is 7.83. The molecule has 1 unspecified atom stereocenters. The predicted molar refractivity (Wildman–Crippen MR) is 108 cm³/mol. The van der Waals surface area contributed by atoms with Gasteiger partial charge in [0.05, 0.1) is 6.04 Å². The molecule has 0 N–H and O–H groups in total. The van der Waals surface area contributed by atoms with Crippen molar-refractivity contribution in [3.05, 3.63) is 71.8 Å². The Morgan fingerprint density at radius 1 is 0.808 bits per heavy atom. The Labute approximate surface area is 158 Å². The number of benzene rings is 2. The predicted octanol–water partition coefficient (Wildman–Crippen LogP) is 3.35. The molecule has 2 aromatic rings. The number of hydrogen-bond donors (Lipinski definition) is 0. The lowest BCUT2D eigenvalue weighted by Crippen LogP contribution is -2.49. The maximum absolute atomic E-state index is 2.69. The third-order valence-electron chi connectivity index (χ3n) is 6.01. The summed E-state index contributed by atoms with van der Waals surface area (Å²) >= 11 is 0. The molecule has 0 spiro atoms. The first-order valence-corrected chi connectivity index (χ1v) is 10.0. The maximum Gasteiger partial charge on any atom is 0.0602 e. The largest absolute Gasteiger partial charge is 0.306 e. The van der Waals surface area contributed by atoms with Crippen molar-refractivity contribution >= 4 is 0 Å². The molecule has 3 nitrogen and oxygen atoms in total. The second kappa shape index (κ2) is 8.34. The van der Waals surface area contributed by atoms with Crippen LogP contribution in [0.2, 0.25) is 0 Å². The lowest BCUT2D eigenvalue weighted by molar-refractivity contribution is 0.0983. The van der Waals surface area contributed by atoms with Crippen LogP contribution in [0.25, 0.3) is 0 Å². The third-order valence-corrected chi connectivity index (χ3v) is 6.01. The zero-order valence-electron chi connectivity index (χ0n) is 15.9. The van der Waals surface area contributed by atoms with E-state index >= 15 is 0 Å². The summed E-state index contributed by atoms with van der Waals surface area (Å²) in [6.45, 7) is 8.51. The lowest BCUT2D eigenvalue weighted by atomic mass is 9.96. The van der Waals surface area contributed by atoms with E-state index in [1.165, 1.54) is 50.3 Å². The molecule has 138 valence electrons. The molecule has 4 rings (SSSR count). The summed E-state index contributed by atoms with van der Waals surface area (Å²) in [5.74, 6) is 0.866. The molecule has 26 heavy (non-hydrogen) atoms. The van der Waals surface area contributed by atoms with E-state index in [1.54, 1.807) is 0 Å². The van der Waals surface area contributed by atoms with Gasteiger partial charge >= 0.3 is 0 Å². The van der Waals surface area contributed by atoms with E-state index in [4.69, 9.17) is 0 Å². The van der Waals surface area contributed by atoms with Gasteiger partial charge < -0.3 is 9.80 Å². The Hall–Kier alpha value is -1.68. The Kier molecular flexibility index (Phi) is 5.68. The van der Waals surface area contributed by atoms with Crippen molar-refractivity contribution in [3.8, 4) is 0 Å². The number of likely N-dealkylation sites (tertiary alicyclic amines) is 1. The number of rotatable bonds is 5. The molecule has 0 bridgehead atoms. The van der Waals surface area contributed by atoms with Crippen LogP contribution >= 0.6 is 0 Å². The van der Waals surface area contributed by atoms with Crippen LogP contribution in [0.4, 0.5) is 0 Å². The lowest BCUT2D eigenvalue weighted by Gasteiger charge is -2.40. The summed E-state index contributed by atoms with van der Waals surface area (Å²) in [6.07, 6.45) is 1.37. The van der Waals surface area contributed by atoms with E-state index in [0.29, 0.717) is 6.04 Å². The van der Waals surface area contributed by atoms with Crippen LogP contribution in [0.5, 0.6) is 0 Å². The van der Waals surface area contributed by atoms with E-state index in [1.807, 2.05) is 0 Å². The minimum atomic E-state index is 0.372. The van der Waals surface area contributed by atoms with Crippen molar-refractivity contribution in [1.82, 2.24) is 14.7 Å². The third kappa shape index (κ3) is 4.17. The molecule has 0 aromatic heterocycles. The van der Waals surface area contributed by atoms with Crippen LogP contribution in [0.1, 0.15) is 23.6 Å². The van der Waals surface area contributed by atoms with Crippen molar-refractivity contribution in [2.24, 2.45) is 5.92 Å². The molecule has 0 radical (unpaired) electrons. The highest BCUT2D eigenvalue weighted by Crippen LogP contribution is 2.29. The normalized spacial score (nSPS) is 22.9. The molecule has 0 aliphatic carbocycles. The molecule has 2 saturated heterocycles. The fraction of sp³-hybridized carbons (Fsp3) is 0.478. The summed E-state index contributed by atoms with van der Waals surface area (Å²) in [5, 5.41) is 0. The topological polar surface area (TPSA) is 9.72 Å². The van der Waals surface area contributed by atoms with Crippen LogP contribution in [0, 0.1) is 5.92 Å². The van der Waals surface area contributed by atoms with Crippen molar-refractivity contribution < 1.29 is 0 Å². The smallest absolute Gasteiger partial charge is 0.0602 e. The van der Waals surface area contributed by atoms with Crippen molar-refractivity contribution in [2.45, 2.75) is 12.5 Å².